The van der Waals surface area contributed by atoms with Crippen LogP contribution in [0.3, 0.4) is 0 Å². The number of likely N-dealkylation sites (tertiary alicyclic amines) is 1. The molecule has 4 nitrogen and oxygen atoms in total. The maximum Gasteiger partial charge on any atom is 0.322 e. The first-order valence-electron chi connectivity index (χ1n) is 7.75. The molecule has 2 rings (SSSR count). The average Bonchev–Trinajstić information content (AvgIpc) is 2.54. The Bertz CT molecular complexity index is 467. The Morgan fingerprint density at radius 1 is 1.43 bits per heavy atom. The monoisotopic (exact) mass is 307 g/mol. The molecule has 0 aliphatic carbocycles. The van der Waals surface area contributed by atoms with Crippen molar-refractivity contribution >= 4 is 23.5 Å². The van der Waals surface area contributed by atoms with Gasteiger partial charge < -0.3 is 16.0 Å². The van der Waals surface area contributed by atoms with E-state index in [1.165, 1.54) is 0 Å². The minimum atomic E-state index is -0.0188. The van der Waals surface area contributed by atoms with Gasteiger partial charge in [-0.15, -0.1) is 11.8 Å². The van der Waals surface area contributed by atoms with Gasteiger partial charge in [0.25, 0.3) is 0 Å². The molecule has 0 radical (unpaired) electrons. The van der Waals surface area contributed by atoms with Crippen LogP contribution in [0.4, 0.5) is 10.5 Å². The Labute approximate surface area is 131 Å². The Kier molecular flexibility index (Phi) is 6.39. The van der Waals surface area contributed by atoms with E-state index in [0.29, 0.717) is 6.54 Å². The second kappa shape index (κ2) is 8.29. The highest BCUT2D eigenvalue weighted by Gasteiger charge is 2.25. The van der Waals surface area contributed by atoms with Gasteiger partial charge in [-0.05, 0) is 43.6 Å². The number of anilines is 1. The molecular formula is C16H25N3OS. The van der Waals surface area contributed by atoms with Crippen LogP contribution in [0.15, 0.2) is 29.2 Å². The molecule has 5 heteroatoms. The third-order valence-electron chi connectivity index (χ3n) is 3.75. The Balaban J connectivity index is 2.04. The van der Waals surface area contributed by atoms with E-state index in [2.05, 4.69) is 18.3 Å². The van der Waals surface area contributed by atoms with Crippen LogP contribution in [0, 0.1) is 0 Å². The number of hydrogen-bond donors (Lipinski definition) is 2. The lowest BCUT2D eigenvalue weighted by atomic mass is 10.0. The van der Waals surface area contributed by atoms with Crippen LogP contribution in [-0.4, -0.2) is 35.8 Å². The largest absolute Gasteiger partial charge is 0.328 e. The minimum absolute atomic E-state index is 0.0188. The number of urea groups is 1. The molecule has 1 atom stereocenters. The quantitative estimate of drug-likeness (QED) is 0.818. The van der Waals surface area contributed by atoms with Crippen molar-refractivity contribution in [2.45, 2.75) is 43.5 Å². The number of carbonyl (C=O) groups excluding carboxylic acids is 1. The summed E-state index contributed by atoms with van der Waals surface area (Å²) >= 11 is 1.78. The van der Waals surface area contributed by atoms with Gasteiger partial charge in [0.2, 0.25) is 0 Å². The summed E-state index contributed by atoms with van der Waals surface area (Å²) < 4.78 is 0. The topological polar surface area (TPSA) is 58.4 Å². The van der Waals surface area contributed by atoms with Gasteiger partial charge in [0.05, 0.1) is 5.69 Å². The van der Waals surface area contributed by atoms with Crippen LogP contribution >= 0.6 is 11.8 Å². The second-order valence-electron chi connectivity index (χ2n) is 5.35. The summed E-state index contributed by atoms with van der Waals surface area (Å²) in [6.07, 6.45) is 4.36. The SMILES string of the molecule is CCCSc1ccccc1NC(=O)N1CCCC[C@@H]1CN. The minimum Gasteiger partial charge on any atom is -0.328 e. The van der Waals surface area contributed by atoms with Crippen molar-refractivity contribution in [2.75, 3.05) is 24.2 Å². The van der Waals surface area contributed by atoms with Gasteiger partial charge in [-0.1, -0.05) is 19.1 Å². The lowest BCUT2D eigenvalue weighted by Gasteiger charge is -2.35. The van der Waals surface area contributed by atoms with Gasteiger partial charge >= 0.3 is 6.03 Å². The Morgan fingerprint density at radius 3 is 3.00 bits per heavy atom. The lowest BCUT2D eigenvalue weighted by Crippen LogP contribution is -2.49. The highest BCUT2D eigenvalue weighted by atomic mass is 32.2. The number of nitrogens with zero attached hydrogens (tertiary/aromatic N) is 1. The number of amides is 2. The van der Waals surface area contributed by atoms with E-state index in [1.807, 2.05) is 23.1 Å². The molecule has 1 aliphatic heterocycles. The van der Waals surface area contributed by atoms with E-state index in [-0.39, 0.29) is 12.1 Å². The van der Waals surface area contributed by atoms with Crippen molar-refractivity contribution in [3.63, 3.8) is 0 Å². The Morgan fingerprint density at radius 2 is 2.24 bits per heavy atom. The normalized spacial score (nSPS) is 18.6. The molecule has 116 valence electrons. The van der Waals surface area contributed by atoms with Gasteiger partial charge in [-0.2, -0.15) is 0 Å². The lowest BCUT2D eigenvalue weighted by molar-refractivity contribution is 0.166. The molecule has 0 saturated carbocycles. The van der Waals surface area contributed by atoms with Gasteiger partial charge in [0.15, 0.2) is 0 Å². The van der Waals surface area contributed by atoms with E-state index in [4.69, 9.17) is 5.73 Å². The first kappa shape index (κ1) is 16.2. The molecule has 0 bridgehead atoms. The second-order valence-corrected chi connectivity index (χ2v) is 6.49. The van der Waals surface area contributed by atoms with Crippen LogP contribution in [-0.2, 0) is 0 Å². The summed E-state index contributed by atoms with van der Waals surface area (Å²) in [5, 5.41) is 3.06. The van der Waals surface area contributed by atoms with E-state index < -0.39 is 0 Å². The molecule has 1 aliphatic rings. The van der Waals surface area contributed by atoms with E-state index in [9.17, 15) is 4.79 Å². The predicted octanol–water partition coefficient (Wildman–Crippen LogP) is 3.53. The zero-order chi connectivity index (χ0) is 15.1. The highest BCUT2D eigenvalue weighted by Crippen LogP contribution is 2.28. The summed E-state index contributed by atoms with van der Waals surface area (Å²) in [5.74, 6) is 1.06. The van der Waals surface area contributed by atoms with Crippen molar-refractivity contribution in [3.05, 3.63) is 24.3 Å². The molecule has 1 heterocycles. The van der Waals surface area contributed by atoms with Crippen molar-refractivity contribution in [2.24, 2.45) is 5.73 Å². The zero-order valence-electron chi connectivity index (χ0n) is 12.7. The summed E-state index contributed by atoms with van der Waals surface area (Å²) in [6.45, 7) is 3.51. The third kappa shape index (κ3) is 4.38. The molecular weight excluding hydrogens is 282 g/mol. The number of hydrogen-bond acceptors (Lipinski definition) is 3. The number of rotatable bonds is 5. The summed E-state index contributed by atoms with van der Waals surface area (Å²) in [6, 6.07) is 8.16. The molecule has 1 fully saturated rings. The molecule has 0 spiro atoms. The van der Waals surface area contributed by atoms with Crippen LogP contribution in [0.5, 0.6) is 0 Å². The van der Waals surface area contributed by atoms with Gasteiger partial charge in [0.1, 0.15) is 0 Å². The van der Waals surface area contributed by atoms with Crippen LogP contribution < -0.4 is 11.1 Å². The zero-order valence-corrected chi connectivity index (χ0v) is 13.5. The summed E-state index contributed by atoms with van der Waals surface area (Å²) in [4.78, 5) is 15.5. The van der Waals surface area contributed by atoms with E-state index >= 15 is 0 Å². The van der Waals surface area contributed by atoms with E-state index in [1.54, 1.807) is 11.8 Å². The Hall–Kier alpha value is -1.20. The molecule has 2 amide bonds. The third-order valence-corrected chi connectivity index (χ3v) is 5.03. The maximum absolute atomic E-state index is 12.5. The standard InChI is InChI=1S/C16H25N3OS/c1-2-11-21-15-9-4-3-8-14(15)18-16(20)19-10-6-5-7-13(19)12-17/h3-4,8-9,13H,2,5-7,10-12,17H2,1H3,(H,18,20)/t13-/m1/s1. The van der Waals surface area contributed by atoms with Crippen molar-refractivity contribution < 1.29 is 4.79 Å². The van der Waals surface area contributed by atoms with Crippen LogP contribution in [0.25, 0.3) is 0 Å². The smallest absolute Gasteiger partial charge is 0.322 e. The number of piperidine rings is 1. The molecule has 1 saturated heterocycles. The number of nitrogens with two attached hydrogens (primary N) is 1. The molecule has 3 N–H and O–H groups in total. The van der Waals surface area contributed by atoms with Crippen molar-refractivity contribution in [1.29, 1.82) is 0 Å². The van der Waals surface area contributed by atoms with Gasteiger partial charge in [-0.3, -0.25) is 0 Å². The van der Waals surface area contributed by atoms with Crippen LogP contribution in [0.1, 0.15) is 32.6 Å². The van der Waals surface area contributed by atoms with Gasteiger partial charge in [0, 0.05) is 24.0 Å². The number of para-hydroxylation sites is 1. The number of nitrogens with one attached hydrogen (secondary N) is 1. The molecule has 21 heavy (non-hydrogen) atoms. The van der Waals surface area contributed by atoms with E-state index in [0.717, 1.165) is 48.6 Å². The fourth-order valence-electron chi connectivity index (χ4n) is 2.61. The first-order chi connectivity index (χ1) is 10.3. The first-order valence-corrected chi connectivity index (χ1v) is 8.74. The molecule has 1 aromatic rings. The van der Waals surface area contributed by atoms with Crippen molar-refractivity contribution in [3.8, 4) is 0 Å². The maximum atomic E-state index is 12.5. The summed E-state index contributed by atoms with van der Waals surface area (Å²) in [7, 11) is 0. The molecule has 0 aromatic heterocycles. The van der Waals surface area contributed by atoms with Crippen molar-refractivity contribution in [1.82, 2.24) is 4.90 Å². The highest BCUT2D eigenvalue weighted by molar-refractivity contribution is 7.99. The number of carbonyl (C=O) groups is 1. The van der Waals surface area contributed by atoms with Gasteiger partial charge in [-0.25, -0.2) is 4.79 Å². The summed E-state index contributed by atoms with van der Waals surface area (Å²) in [5.41, 5.74) is 6.70. The molecule has 1 aromatic carbocycles. The predicted molar refractivity (Wildman–Crippen MR) is 89.9 cm³/mol. The fourth-order valence-corrected chi connectivity index (χ4v) is 3.48. The molecule has 0 unspecified atom stereocenters. The fraction of sp³-hybridized carbons (Fsp3) is 0.562. The number of thioether (sulfide) groups is 1. The number of benzene rings is 1. The average molecular weight is 307 g/mol. The van der Waals surface area contributed by atoms with Crippen LogP contribution in [0.2, 0.25) is 0 Å².